The van der Waals surface area contributed by atoms with Crippen molar-refractivity contribution in [2.24, 2.45) is 11.8 Å². The van der Waals surface area contributed by atoms with Gasteiger partial charge in [-0.25, -0.2) is 0 Å². The van der Waals surface area contributed by atoms with E-state index in [1.54, 1.807) is 20.8 Å². The second-order valence-corrected chi connectivity index (χ2v) is 13.5. The molecule has 46 heavy (non-hydrogen) atoms. The van der Waals surface area contributed by atoms with Gasteiger partial charge in [0.25, 0.3) is 5.91 Å². The van der Waals surface area contributed by atoms with Gasteiger partial charge in [-0.3, -0.25) is 28.8 Å². The number of nitrogens with zero attached hydrogens (tertiary/aromatic N) is 3. The Morgan fingerprint density at radius 2 is 1.63 bits per heavy atom. The molecule has 3 rings (SSSR count). The van der Waals surface area contributed by atoms with E-state index in [1.165, 1.54) is 28.8 Å². The highest BCUT2D eigenvalue weighted by Gasteiger charge is 2.44. The van der Waals surface area contributed by atoms with Crippen LogP contribution in [0.3, 0.4) is 0 Å². The first-order valence-corrected chi connectivity index (χ1v) is 16.4. The quantitative estimate of drug-likeness (QED) is 0.410. The predicted octanol–water partition coefficient (Wildman–Crippen LogP) is 0.812. The van der Waals surface area contributed by atoms with Crippen LogP contribution in [0.2, 0.25) is 0 Å². The molecule has 3 heterocycles. The number of fused-ring (bicyclic) bond motifs is 1. The van der Waals surface area contributed by atoms with Gasteiger partial charge in [-0.15, -0.1) is 0 Å². The van der Waals surface area contributed by atoms with E-state index in [4.69, 9.17) is 14.2 Å². The minimum atomic E-state index is -1.26. The maximum Gasteiger partial charge on any atom is 0.308 e. The first kappa shape index (κ1) is 37.2. The molecular weight excluding hydrogens is 598 g/mol. The van der Waals surface area contributed by atoms with Gasteiger partial charge in [0, 0.05) is 33.6 Å². The van der Waals surface area contributed by atoms with E-state index in [0.29, 0.717) is 19.3 Å². The average molecular weight is 652 g/mol. The van der Waals surface area contributed by atoms with Crippen molar-refractivity contribution in [3.8, 4) is 0 Å². The fraction of sp³-hybridized carbons (Fsp3) is 0.812. The number of carbonyl (C=O) groups excluding carboxylic acids is 6. The molecule has 5 amide bonds. The molecule has 0 aromatic carbocycles. The summed E-state index contributed by atoms with van der Waals surface area (Å²) in [5.74, 6) is -4.57. The van der Waals surface area contributed by atoms with Crippen molar-refractivity contribution in [3.63, 3.8) is 0 Å². The first-order valence-electron chi connectivity index (χ1n) is 16.4. The van der Waals surface area contributed by atoms with Crippen molar-refractivity contribution in [2.75, 3.05) is 33.8 Å². The molecule has 14 nitrogen and oxygen atoms in total. The van der Waals surface area contributed by atoms with Crippen LogP contribution in [0.4, 0.5) is 0 Å². The Morgan fingerprint density at radius 1 is 0.957 bits per heavy atom. The van der Waals surface area contributed by atoms with E-state index in [1.807, 2.05) is 27.7 Å². The second-order valence-electron chi connectivity index (χ2n) is 13.5. The van der Waals surface area contributed by atoms with Crippen LogP contribution < -0.4 is 10.6 Å². The molecule has 2 N–H and O–H groups in total. The summed E-state index contributed by atoms with van der Waals surface area (Å²) < 4.78 is 17.2. The third kappa shape index (κ3) is 8.75. The van der Waals surface area contributed by atoms with Gasteiger partial charge < -0.3 is 39.5 Å². The third-order valence-corrected chi connectivity index (χ3v) is 9.29. The Balaban J connectivity index is 1.99. The van der Waals surface area contributed by atoms with Crippen molar-refractivity contribution < 1.29 is 43.0 Å². The average Bonchev–Trinajstić information content (AvgIpc) is 3.62. The topological polar surface area (TPSA) is 164 Å². The molecule has 0 bridgehead atoms. The van der Waals surface area contributed by atoms with Crippen molar-refractivity contribution in [1.82, 2.24) is 25.3 Å². The number of likely N-dealkylation sites (N-methyl/N-ethyl adjacent to an activating group) is 2. The van der Waals surface area contributed by atoms with Crippen LogP contribution >= 0.6 is 0 Å². The maximum absolute atomic E-state index is 14.0. The lowest BCUT2D eigenvalue weighted by atomic mass is 9.94. The van der Waals surface area contributed by atoms with E-state index in [-0.39, 0.29) is 44.4 Å². The zero-order valence-electron chi connectivity index (χ0n) is 28.8. The van der Waals surface area contributed by atoms with Crippen LogP contribution in [-0.2, 0) is 43.0 Å². The zero-order chi connectivity index (χ0) is 34.5. The fourth-order valence-corrected chi connectivity index (χ4v) is 6.22. The molecular formula is C32H53N5O9. The van der Waals surface area contributed by atoms with Crippen LogP contribution in [0.25, 0.3) is 0 Å². The Labute approximate surface area is 272 Å². The van der Waals surface area contributed by atoms with Crippen LogP contribution in [0, 0.1) is 11.8 Å². The number of amides is 5. The van der Waals surface area contributed by atoms with Crippen LogP contribution in [0.15, 0.2) is 0 Å². The van der Waals surface area contributed by atoms with Crippen molar-refractivity contribution in [3.05, 3.63) is 0 Å². The van der Waals surface area contributed by atoms with Gasteiger partial charge in [-0.1, -0.05) is 34.1 Å². The van der Waals surface area contributed by atoms with Gasteiger partial charge >= 0.3 is 5.97 Å². The third-order valence-electron chi connectivity index (χ3n) is 9.29. The van der Waals surface area contributed by atoms with E-state index in [0.717, 1.165) is 0 Å². The van der Waals surface area contributed by atoms with E-state index in [9.17, 15) is 28.8 Å². The molecule has 0 spiro atoms. The largest absolute Gasteiger partial charge is 0.452 e. The number of esters is 1. The molecule has 0 saturated carbocycles. The van der Waals surface area contributed by atoms with E-state index in [2.05, 4.69) is 10.6 Å². The minimum absolute atomic E-state index is 0.0184. The normalized spacial score (nSPS) is 31.6. The SMILES string of the molecule is CC[C@H](C)[C@@H]1NC(=O)[C@@H]2CCCN2C(=O)[C@@H](C[C@H]2COC(C)(C)O2)OC(=O)CCNC(=O)[C@H](C)N(C)C(=O)[C@H](C(C)C)N(C)C1=O. The molecule has 260 valence electrons. The standard InChI is InChI=1S/C32H53N5O9/c1-10-19(4)25-30(42)36(9)26(18(2)3)31(43)35(8)20(5)27(39)33-14-13-24(38)45-23(16-21-17-44-32(6,7)46-21)29(41)37-15-11-12-22(37)28(40)34-25/h18-23,25-26H,10-17H2,1-9H3,(H,33,39)(H,34,40)/t19-,20-,21-,22-,23+,25-,26-/m0/s1. The van der Waals surface area contributed by atoms with Crippen molar-refractivity contribution in [2.45, 2.75) is 123 Å². The van der Waals surface area contributed by atoms with E-state index < -0.39 is 77.7 Å². The Morgan fingerprint density at radius 3 is 2.22 bits per heavy atom. The lowest BCUT2D eigenvalue weighted by Crippen LogP contribution is -2.60. The van der Waals surface area contributed by atoms with E-state index >= 15 is 0 Å². The second kappa shape index (κ2) is 15.6. The number of cyclic esters (lactones) is 1. The highest BCUT2D eigenvalue weighted by molar-refractivity contribution is 5.96. The number of ether oxygens (including phenoxy) is 3. The van der Waals surface area contributed by atoms with Gasteiger partial charge in [0.1, 0.15) is 24.2 Å². The van der Waals surface area contributed by atoms with Crippen LogP contribution in [-0.4, -0.2) is 126 Å². The molecule has 3 saturated heterocycles. The summed E-state index contributed by atoms with van der Waals surface area (Å²) in [5.41, 5.74) is 0. The molecule has 3 fully saturated rings. The summed E-state index contributed by atoms with van der Waals surface area (Å²) >= 11 is 0. The number of rotatable bonds is 5. The summed E-state index contributed by atoms with van der Waals surface area (Å²) in [7, 11) is 3.02. The summed E-state index contributed by atoms with van der Waals surface area (Å²) in [5, 5.41) is 5.56. The molecule has 0 aromatic rings. The maximum atomic E-state index is 14.0. The predicted molar refractivity (Wildman–Crippen MR) is 167 cm³/mol. The highest BCUT2D eigenvalue weighted by atomic mass is 16.7. The molecule has 0 unspecified atom stereocenters. The number of carbonyl (C=O) groups is 6. The Bertz CT molecular complexity index is 1160. The molecule has 0 radical (unpaired) electrons. The molecule has 3 aliphatic heterocycles. The first-order chi connectivity index (χ1) is 21.5. The molecule has 0 aromatic heterocycles. The molecule has 0 aliphatic carbocycles. The van der Waals surface area contributed by atoms with Crippen LogP contribution in [0.1, 0.15) is 80.6 Å². The molecule has 14 heteroatoms. The minimum Gasteiger partial charge on any atom is -0.452 e. The van der Waals surface area contributed by atoms with Crippen molar-refractivity contribution >= 4 is 35.5 Å². The Kier molecular flexibility index (Phi) is 12.6. The van der Waals surface area contributed by atoms with Gasteiger partial charge in [0.15, 0.2) is 11.9 Å². The van der Waals surface area contributed by atoms with Crippen LogP contribution in [0.5, 0.6) is 0 Å². The van der Waals surface area contributed by atoms with Gasteiger partial charge in [0.2, 0.25) is 23.6 Å². The van der Waals surface area contributed by atoms with Gasteiger partial charge in [-0.05, 0) is 45.4 Å². The fourth-order valence-electron chi connectivity index (χ4n) is 6.22. The summed E-state index contributed by atoms with van der Waals surface area (Å²) in [6, 6.07) is -3.68. The summed E-state index contributed by atoms with van der Waals surface area (Å²) in [4.78, 5) is 85.6. The van der Waals surface area contributed by atoms with Gasteiger partial charge in [0.05, 0.1) is 19.1 Å². The van der Waals surface area contributed by atoms with Gasteiger partial charge in [-0.2, -0.15) is 0 Å². The zero-order valence-corrected chi connectivity index (χ0v) is 28.8. The molecule has 7 atom stereocenters. The number of hydrogen-bond acceptors (Lipinski definition) is 9. The summed E-state index contributed by atoms with van der Waals surface area (Å²) in [6.07, 6.45) is -0.513. The lowest BCUT2D eigenvalue weighted by molar-refractivity contribution is -0.166. The van der Waals surface area contributed by atoms with Crippen molar-refractivity contribution in [1.29, 1.82) is 0 Å². The smallest absolute Gasteiger partial charge is 0.308 e. The monoisotopic (exact) mass is 651 g/mol. The number of nitrogens with one attached hydrogen (secondary N) is 2. The highest BCUT2D eigenvalue weighted by Crippen LogP contribution is 2.28. The summed E-state index contributed by atoms with van der Waals surface area (Å²) in [6.45, 7) is 12.8. The lowest BCUT2D eigenvalue weighted by Gasteiger charge is -2.38. The number of hydrogen-bond donors (Lipinski definition) is 2. The molecule has 3 aliphatic rings. The Hall–Kier alpha value is -3.26.